The number of ether oxygens (including phenoxy) is 2. The van der Waals surface area contributed by atoms with Gasteiger partial charge in [0.25, 0.3) is 5.69 Å². The van der Waals surface area contributed by atoms with Gasteiger partial charge in [-0.05, 0) is 18.2 Å². The van der Waals surface area contributed by atoms with Crippen molar-refractivity contribution in [1.29, 1.82) is 0 Å². The standard InChI is InChI=1S/C20H25N3O4/c1-26-19-6-7-20(27-2)17(13-19)15-22-10-8-21(9-11-22)14-16-4-3-5-18(12-16)23(24)25/h3-7,12-13H,8-11,14-15H2,1-2H3/p+2. The van der Waals surface area contributed by atoms with E-state index in [1.165, 1.54) is 9.80 Å². The molecule has 1 aliphatic heterocycles. The van der Waals surface area contributed by atoms with Crippen molar-refractivity contribution < 1.29 is 24.2 Å². The van der Waals surface area contributed by atoms with Crippen LogP contribution in [0.25, 0.3) is 0 Å². The fourth-order valence-corrected chi connectivity index (χ4v) is 3.67. The van der Waals surface area contributed by atoms with Gasteiger partial charge in [0.2, 0.25) is 0 Å². The van der Waals surface area contributed by atoms with Crippen molar-refractivity contribution in [3.05, 3.63) is 63.7 Å². The largest absolute Gasteiger partial charge is 0.497 e. The lowest BCUT2D eigenvalue weighted by Crippen LogP contribution is -3.27. The summed E-state index contributed by atoms with van der Waals surface area (Å²) < 4.78 is 10.8. The maximum atomic E-state index is 10.9. The summed E-state index contributed by atoms with van der Waals surface area (Å²) in [5, 5.41) is 10.9. The molecule has 0 aliphatic carbocycles. The molecule has 1 saturated heterocycles. The van der Waals surface area contributed by atoms with E-state index in [4.69, 9.17) is 9.47 Å². The molecule has 0 radical (unpaired) electrons. The first kappa shape index (κ1) is 19.1. The number of nitro benzene ring substituents is 1. The molecule has 0 saturated carbocycles. The van der Waals surface area contributed by atoms with Gasteiger partial charge in [0, 0.05) is 17.7 Å². The predicted molar refractivity (Wildman–Crippen MR) is 101 cm³/mol. The van der Waals surface area contributed by atoms with Gasteiger partial charge in [-0.15, -0.1) is 0 Å². The molecule has 1 fully saturated rings. The summed E-state index contributed by atoms with van der Waals surface area (Å²) in [5.41, 5.74) is 2.35. The Labute approximate surface area is 159 Å². The second-order valence-corrected chi connectivity index (χ2v) is 6.96. The van der Waals surface area contributed by atoms with Gasteiger partial charge in [0.05, 0.1) is 24.7 Å². The molecule has 0 atom stereocenters. The van der Waals surface area contributed by atoms with E-state index >= 15 is 0 Å². The van der Waals surface area contributed by atoms with Crippen molar-refractivity contribution in [2.75, 3.05) is 40.4 Å². The summed E-state index contributed by atoms with van der Waals surface area (Å²) in [6, 6.07) is 12.9. The molecule has 0 bridgehead atoms. The number of nitrogens with one attached hydrogen (secondary N) is 2. The fourth-order valence-electron chi connectivity index (χ4n) is 3.67. The first-order valence-electron chi connectivity index (χ1n) is 9.20. The first-order valence-corrected chi connectivity index (χ1v) is 9.20. The molecule has 7 heteroatoms. The molecule has 7 nitrogen and oxygen atoms in total. The molecular weight excluding hydrogens is 346 g/mol. The van der Waals surface area contributed by atoms with Gasteiger partial charge in [-0.1, -0.05) is 12.1 Å². The van der Waals surface area contributed by atoms with Crippen LogP contribution in [0.3, 0.4) is 0 Å². The number of non-ortho nitro benzene ring substituents is 1. The molecule has 27 heavy (non-hydrogen) atoms. The SMILES string of the molecule is COc1ccc(OC)c(C[NH+]2CC[NH+](Cc3cccc([N+](=O)[O-])c3)CC2)c1. The second-order valence-electron chi connectivity index (χ2n) is 6.96. The van der Waals surface area contributed by atoms with E-state index in [1.54, 1.807) is 32.4 Å². The Bertz CT molecular complexity index is 789. The number of rotatable bonds is 7. The third kappa shape index (κ3) is 4.96. The van der Waals surface area contributed by atoms with Crippen LogP contribution in [0.1, 0.15) is 11.1 Å². The van der Waals surface area contributed by atoms with E-state index in [-0.39, 0.29) is 10.6 Å². The topological polar surface area (TPSA) is 70.5 Å². The zero-order chi connectivity index (χ0) is 19.2. The highest BCUT2D eigenvalue weighted by molar-refractivity contribution is 5.39. The monoisotopic (exact) mass is 373 g/mol. The Hall–Kier alpha value is -2.64. The normalized spacial score (nSPS) is 19.5. The Kier molecular flexibility index (Phi) is 6.26. The van der Waals surface area contributed by atoms with Crippen molar-refractivity contribution in [1.82, 2.24) is 0 Å². The molecule has 1 heterocycles. The van der Waals surface area contributed by atoms with E-state index in [9.17, 15) is 10.1 Å². The lowest BCUT2D eigenvalue weighted by atomic mass is 10.1. The van der Waals surface area contributed by atoms with Crippen molar-refractivity contribution in [2.45, 2.75) is 13.1 Å². The van der Waals surface area contributed by atoms with Gasteiger partial charge in [-0.25, -0.2) is 0 Å². The van der Waals surface area contributed by atoms with Gasteiger partial charge in [-0.2, -0.15) is 0 Å². The lowest BCUT2D eigenvalue weighted by Gasteiger charge is -2.30. The number of quaternary nitrogens is 2. The van der Waals surface area contributed by atoms with Crippen LogP contribution < -0.4 is 19.3 Å². The van der Waals surface area contributed by atoms with Crippen molar-refractivity contribution in [3.8, 4) is 11.5 Å². The molecule has 3 rings (SSSR count). The number of hydrogen-bond donors (Lipinski definition) is 2. The van der Waals surface area contributed by atoms with Crippen LogP contribution in [0.2, 0.25) is 0 Å². The van der Waals surface area contributed by atoms with Crippen molar-refractivity contribution >= 4 is 5.69 Å². The number of nitro groups is 1. The molecule has 0 spiro atoms. The van der Waals surface area contributed by atoms with Crippen LogP contribution in [0.15, 0.2) is 42.5 Å². The summed E-state index contributed by atoms with van der Waals surface area (Å²) in [7, 11) is 3.37. The van der Waals surface area contributed by atoms with Gasteiger partial charge in [-0.3, -0.25) is 10.1 Å². The van der Waals surface area contributed by atoms with Crippen molar-refractivity contribution in [3.63, 3.8) is 0 Å². The average Bonchev–Trinajstić information content (AvgIpc) is 2.69. The highest BCUT2D eigenvalue weighted by atomic mass is 16.6. The summed E-state index contributed by atoms with van der Waals surface area (Å²) in [6.07, 6.45) is 0. The van der Waals surface area contributed by atoms with E-state index in [1.807, 2.05) is 24.3 Å². The van der Waals surface area contributed by atoms with E-state index < -0.39 is 0 Å². The Morgan fingerprint density at radius 3 is 2.30 bits per heavy atom. The quantitative estimate of drug-likeness (QED) is 0.533. The molecule has 2 N–H and O–H groups in total. The number of hydrogen-bond acceptors (Lipinski definition) is 4. The predicted octanol–water partition coefficient (Wildman–Crippen LogP) is 0.0956. The number of nitrogens with zero attached hydrogens (tertiary/aromatic N) is 1. The smallest absolute Gasteiger partial charge is 0.269 e. The summed E-state index contributed by atoms with van der Waals surface area (Å²) in [5.74, 6) is 1.75. The van der Waals surface area contributed by atoms with Gasteiger partial charge < -0.3 is 19.3 Å². The maximum Gasteiger partial charge on any atom is 0.269 e. The Morgan fingerprint density at radius 2 is 1.67 bits per heavy atom. The Balaban J connectivity index is 1.56. The van der Waals surface area contributed by atoms with Crippen LogP contribution in [-0.4, -0.2) is 45.3 Å². The first-order chi connectivity index (χ1) is 13.1. The number of piperazine rings is 1. The summed E-state index contributed by atoms with van der Waals surface area (Å²) in [4.78, 5) is 13.6. The van der Waals surface area contributed by atoms with Crippen LogP contribution >= 0.6 is 0 Å². The third-order valence-corrected chi connectivity index (χ3v) is 5.17. The number of methoxy groups -OCH3 is 2. The minimum absolute atomic E-state index is 0.168. The fraction of sp³-hybridized carbons (Fsp3) is 0.400. The molecule has 2 aromatic rings. The lowest BCUT2D eigenvalue weighted by molar-refractivity contribution is -1.02. The molecule has 1 aliphatic rings. The summed E-state index contributed by atoms with van der Waals surface area (Å²) >= 11 is 0. The molecule has 0 aromatic heterocycles. The zero-order valence-electron chi connectivity index (χ0n) is 15.9. The van der Waals surface area contributed by atoms with E-state index in [0.717, 1.165) is 61.9 Å². The minimum atomic E-state index is -0.331. The van der Waals surface area contributed by atoms with E-state index in [2.05, 4.69) is 0 Å². The molecule has 2 aromatic carbocycles. The Morgan fingerprint density at radius 1 is 0.963 bits per heavy atom. The van der Waals surface area contributed by atoms with Gasteiger partial charge >= 0.3 is 0 Å². The van der Waals surface area contributed by atoms with Gasteiger partial charge in [0.15, 0.2) is 0 Å². The van der Waals surface area contributed by atoms with Gasteiger partial charge in [0.1, 0.15) is 50.8 Å². The van der Waals surface area contributed by atoms with Crippen molar-refractivity contribution in [2.24, 2.45) is 0 Å². The van der Waals surface area contributed by atoms with Crippen LogP contribution in [-0.2, 0) is 13.1 Å². The molecule has 0 unspecified atom stereocenters. The zero-order valence-corrected chi connectivity index (χ0v) is 15.9. The highest BCUT2D eigenvalue weighted by Gasteiger charge is 2.24. The summed E-state index contributed by atoms with van der Waals surface area (Å²) in [6.45, 7) is 5.95. The molecular formula is C20H27N3O4+2. The average molecular weight is 373 g/mol. The van der Waals surface area contributed by atoms with E-state index in [0.29, 0.717) is 0 Å². The molecule has 144 valence electrons. The highest BCUT2D eigenvalue weighted by Crippen LogP contribution is 2.23. The van der Waals surface area contributed by atoms with Crippen LogP contribution in [0.5, 0.6) is 11.5 Å². The van der Waals surface area contributed by atoms with Crippen LogP contribution in [0, 0.1) is 10.1 Å². The van der Waals surface area contributed by atoms with Crippen LogP contribution in [0.4, 0.5) is 5.69 Å². The third-order valence-electron chi connectivity index (χ3n) is 5.17. The molecule has 0 amide bonds. The minimum Gasteiger partial charge on any atom is -0.497 e. The number of benzene rings is 2. The second kappa shape index (κ2) is 8.83. The maximum absolute atomic E-state index is 10.9.